The first-order chi connectivity index (χ1) is 7.99. The van der Waals surface area contributed by atoms with Crippen molar-refractivity contribution in [1.82, 2.24) is 0 Å². The average molecular weight is 236 g/mol. The Morgan fingerprint density at radius 1 is 0.765 bits per heavy atom. The maximum atomic E-state index is 13.4. The van der Waals surface area contributed by atoms with E-state index < -0.39 is 17.5 Å². The second-order valence-corrected chi connectivity index (χ2v) is 4.02. The summed E-state index contributed by atoms with van der Waals surface area (Å²) in [5.74, 6) is -1.70. The van der Waals surface area contributed by atoms with Crippen LogP contribution in [0, 0.1) is 31.3 Å². The van der Waals surface area contributed by atoms with Gasteiger partial charge >= 0.3 is 0 Å². The summed E-state index contributed by atoms with van der Waals surface area (Å²) in [6, 6.07) is 6.25. The zero-order valence-corrected chi connectivity index (χ0v) is 9.52. The lowest BCUT2D eigenvalue weighted by Gasteiger charge is -2.10. The molecule has 0 amide bonds. The highest BCUT2D eigenvalue weighted by Crippen LogP contribution is 2.29. The van der Waals surface area contributed by atoms with Gasteiger partial charge in [0.2, 0.25) is 0 Å². The van der Waals surface area contributed by atoms with E-state index in [0.29, 0.717) is 16.7 Å². The van der Waals surface area contributed by atoms with Gasteiger partial charge in [0, 0.05) is 6.07 Å². The Morgan fingerprint density at radius 3 is 2.12 bits per heavy atom. The van der Waals surface area contributed by atoms with Crippen LogP contribution in [-0.2, 0) is 0 Å². The predicted octanol–water partition coefficient (Wildman–Crippen LogP) is 4.39. The third-order valence-electron chi connectivity index (χ3n) is 2.80. The van der Waals surface area contributed by atoms with Gasteiger partial charge in [0.15, 0.2) is 0 Å². The van der Waals surface area contributed by atoms with Gasteiger partial charge in [-0.3, -0.25) is 0 Å². The van der Waals surface area contributed by atoms with E-state index >= 15 is 0 Å². The van der Waals surface area contributed by atoms with Crippen LogP contribution in [0.1, 0.15) is 11.1 Å². The first-order valence-corrected chi connectivity index (χ1v) is 5.21. The third-order valence-corrected chi connectivity index (χ3v) is 2.80. The van der Waals surface area contributed by atoms with Crippen molar-refractivity contribution in [1.29, 1.82) is 0 Å². The summed E-state index contributed by atoms with van der Waals surface area (Å²) in [7, 11) is 0. The zero-order chi connectivity index (χ0) is 12.6. The van der Waals surface area contributed by atoms with Crippen LogP contribution in [0.5, 0.6) is 0 Å². The van der Waals surface area contributed by atoms with E-state index in [9.17, 15) is 13.2 Å². The van der Waals surface area contributed by atoms with Crippen molar-refractivity contribution >= 4 is 0 Å². The van der Waals surface area contributed by atoms with E-state index in [1.54, 1.807) is 19.9 Å². The summed E-state index contributed by atoms with van der Waals surface area (Å²) in [4.78, 5) is 0. The molecule has 0 aromatic heterocycles. The molecule has 0 radical (unpaired) electrons. The Labute approximate surface area is 97.7 Å². The molecule has 0 saturated carbocycles. The summed E-state index contributed by atoms with van der Waals surface area (Å²) in [6.45, 7) is 3.32. The average Bonchev–Trinajstić information content (AvgIpc) is 2.27. The minimum Gasteiger partial charge on any atom is -0.207 e. The largest absolute Gasteiger partial charge is 0.207 e. The second kappa shape index (κ2) is 4.24. The summed E-state index contributed by atoms with van der Waals surface area (Å²) in [5, 5.41) is 0. The highest BCUT2D eigenvalue weighted by Gasteiger charge is 2.11. The van der Waals surface area contributed by atoms with E-state index in [-0.39, 0.29) is 0 Å². The Bertz CT molecular complexity index is 574. The number of hydrogen-bond donors (Lipinski definition) is 0. The smallest absolute Gasteiger partial charge is 0.129 e. The molecule has 2 rings (SSSR count). The van der Waals surface area contributed by atoms with Gasteiger partial charge in [-0.05, 0) is 54.3 Å². The highest BCUT2D eigenvalue weighted by molar-refractivity contribution is 5.70. The molecular formula is C14H11F3. The molecule has 0 spiro atoms. The minimum absolute atomic E-state index is 0.320. The molecule has 0 aliphatic carbocycles. The lowest BCUT2D eigenvalue weighted by molar-refractivity contribution is 0.578. The number of halogens is 3. The molecule has 0 N–H and O–H groups in total. The highest BCUT2D eigenvalue weighted by atomic mass is 19.1. The van der Waals surface area contributed by atoms with Crippen LogP contribution < -0.4 is 0 Å². The lowest BCUT2D eigenvalue weighted by atomic mass is 9.96. The van der Waals surface area contributed by atoms with E-state index in [0.717, 1.165) is 11.6 Å². The fourth-order valence-electron chi connectivity index (χ4n) is 1.81. The quantitative estimate of drug-likeness (QED) is 0.689. The summed E-state index contributed by atoms with van der Waals surface area (Å²) in [5.41, 5.74) is 2.00. The van der Waals surface area contributed by atoms with Gasteiger partial charge < -0.3 is 0 Å². The van der Waals surface area contributed by atoms with Gasteiger partial charge in [0.1, 0.15) is 17.5 Å². The molecule has 2 aromatic rings. The van der Waals surface area contributed by atoms with Crippen LogP contribution in [0.2, 0.25) is 0 Å². The Hall–Kier alpha value is -1.77. The van der Waals surface area contributed by atoms with E-state index in [1.165, 1.54) is 18.2 Å². The lowest BCUT2D eigenvalue weighted by Crippen LogP contribution is -1.93. The first kappa shape index (κ1) is 11.7. The topological polar surface area (TPSA) is 0 Å². The third kappa shape index (κ3) is 2.18. The van der Waals surface area contributed by atoms with Gasteiger partial charge in [0.05, 0.1) is 0 Å². The van der Waals surface area contributed by atoms with Gasteiger partial charge in [-0.25, -0.2) is 13.2 Å². The van der Waals surface area contributed by atoms with Crippen LogP contribution in [0.3, 0.4) is 0 Å². The van der Waals surface area contributed by atoms with Crippen molar-refractivity contribution in [2.75, 3.05) is 0 Å². The summed E-state index contributed by atoms with van der Waals surface area (Å²) >= 11 is 0. The molecule has 0 aliphatic heterocycles. The van der Waals surface area contributed by atoms with Crippen LogP contribution in [0.15, 0.2) is 30.3 Å². The van der Waals surface area contributed by atoms with E-state index in [2.05, 4.69) is 0 Å². The zero-order valence-electron chi connectivity index (χ0n) is 9.52. The number of aryl methyl sites for hydroxylation is 1. The molecule has 0 aliphatic rings. The van der Waals surface area contributed by atoms with Gasteiger partial charge in [0.25, 0.3) is 0 Å². The molecule has 0 nitrogen and oxygen atoms in total. The normalized spacial score (nSPS) is 10.6. The maximum absolute atomic E-state index is 13.4. The number of rotatable bonds is 1. The van der Waals surface area contributed by atoms with E-state index in [4.69, 9.17) is 0 Å². The number of benzene rings is 2. The molecular weight excluding hydrogens is 225 g/mol. The van der Waals surface area contributed by atoms with Crippen molar-refractivity contribution < 1.29 is 13.2 Å². The molecule has 0 atom stereocenters. The van der Waals surface area contributed by atoms with E-state index in [1.807, 2.05) is 0 Å². The van der Waals surface area contributed by atoms with Crippen molar-refractivity contribution in [3.63, 3.8) is 0 Å². The maximum Gasteiger partial charge on any atom is 0.129 e. The standard InChI is InChI=1S/C14H11F3/c1-8-3-4-10(15)5-12(8)13-6-11(16)7-14(17)9(13)2/h3-7H,1-2H3. The molecule has 0 heterocycles. The molecule has 0 saturated heterocycles. The van der Waals surface area contributed by atoms with Crippen molar-refractivity contribution in [3.8, 4) is 11.1 Å². The SMILES string of the molecule is Cc1ccc(F)cc1-c1cc(F)cc(F)c1C. The number of hydrogen-bond acceptors (Lipinski definition) is 0. The van der Waals surface area contributed by atoms with Gasteiger partial charge in [-0.15, -0.1) is 0 Å². The molecule has 0 unspecified atom stereocenters. The van der Waals surface area contributed by atoms with Crippen LogP contribution >= 0.6 is 0 Å². The Balaban J connectivity index is 2.72. The summed E-state index contributed by atoms with van der Waals surface area (Å²) < 4.78 is 39.8. The van der Waals surface area contributed by atoms with Crippen LogP contribution in [-0.4, -0.2) is 0 Å². The van der Waals surface area contributed by atoms with Gasteiger partial charge in [-0.1, -0.05) is 6.07 Å². The molecule has 2 aromatic carbocycles. The van der Waals surface area contributed by atoms with Gasteiger partial charge in [-0.2, -0.15) is 0 Å². The molecule has 17 heavy (non-hydrogen) atoms. The monoisotopic (exact) mass is 236 g/mol. The minimum atomic E-state index is -0.660. The van der Waals surface area contributed by atoms with Crippen LogP contribution in [0.25, 0.3) is 11.1 Å². The Kier molecular flexibility index (Phi) is 2.92. The second-order valence-electron chi connectivity index (χ2n) is 4.02. The molecule has 0 fully saturated rings. The fraction of sp³-hybridized carbons (Fsp3) is 0.143. The van der Waals surface area contributed by atoms with Crippen LogP contribution in [0.4, 0.5) is 13.2 Å². The first-order valence-electron chi connectivity index (χ1n) is 5.21. The molecule has 3 heteroatoms. The fourth-order valence-corrected chi connectivity index (χ4v) is 1.81. The van der Waals surface area contributed by atoms with Crippen molar-refractivity contribution in [3.05, 3.63) is 58.9 Å². The summed E-state index contributed by atoms with van der Waals surface area (Å²) in [6.07, 6.45) is 0. The molecule has 0 bridgehead atoms. The predicted molar refractivity (Wildman–Crippen MR) is 61.2 cm³/mol. The molecule has 88 valence electrons. The Morgan fingerprint density at radius 2 is 1.41 bits per heavy atom. The van der Waals surface area contributed by atoms with Crippen molar-refractivity contribution in [2.45, 2.75) is 13.8 Å². The van der Waals surface area contributed by atoms with Crippen molar-refractivity contribution in [2.24, 2.45) is 0 Å².